The minimum Gasteiger partial charge on any atom is -0.295 e. The van der Waals surface area contributed by atoms with Gasteiger partial charge >= 0.3 is 23.2 Å². The third kappa shape index (κ3) is 4.55. The lowest BCUT2D eigenvalue weighted by molar-refractivity contribution is -0.424. The van der Waals surface area contributed by atoms with Crippen molar-refractivity contribution in [3.63, 3.8) is 0 Å². The van der Waals surface area contributed by atoms with Crippen LogP contribution < -0.4 is 0 Å². The van der Waals surface area contributed by atoms with Gasteiger partial charge in [0.2, 0.25) is 0 Å². The van der Waals surface area contributed by atoms with E-state index in [0.29, 0.717) is 0 Å². The highest BCUT2D eigenvalue weighted by Gasteiger charge is 2.78. The lowest BCUT2D eigenvalue weighted by Gasteiger charge is -2.66. The highest BCUT2D eigenvalue weighted by atomic mass is 31.2. The van der Waals surface area contributed by atoms with Crippen LogP contribution in [0.25, 0.3) is 0 Å². The maximum absolute atomic E-state index is 7.23. The molecular weight excluding hydrogens is 538 g/mol. The largest absolute Gasteiger partial charge is 0.349 e. The second-order valence-electron chi connectivity index (χ2n) is 16.3. The van der Waals surface area contributed by atoms with Crippen LogP contribution in [0.2, 0.25) is 0 Å². The molecule has 4 aliphatic rings. The van der Waals surface area contributed by atoms with Crippen molar-refractivity contribution in [1.82, 2.24) is 0 Å². The van der Waals surface area contributed by atoms with Gasteiger partial charge in [0.25, 0.3) is 0 Å². The van der Waals surface area contributed by atoms with Gasteiger partial charge in [0.05, 0.1) is 5.41 Å². The molecule has 2 aromatic rings. The first-order valence-corrected chi connectivity index (χ1v) is 16.6. The molecule has 4 aliphatic heterocycles. The predicted octanol–water partition coefficient (Wildman–Crippen LogP) is 10.4. The molecule has 1 spiro atoms. The molecule has 6 rings (SSSR count). The van der Waals surface area contributed by atoms with Crippen molar-refractivity contribution in [2.45, 2.75) is 130 Å². The molecule has 4 saturated heterocycles. The average Bonchev–Trinajstić information content (AvgIpc) is 2.78. The van der Waals surface area contributed by atoms with Gasteiger partial charge in [0, 0.05) is 0 Å². The highest BCUT2D eigenvalue weighted by molar-refractivity contribution is 7.57. The van der Waals surface area contributed by atoms with E-state index in [1.165, 1.54) is 22.3 Å². The fourth-order valence-electron chi connectivity index (χ4n) is 6.05. The van der Waals surface area contributed by atoms with Gasteiger partial charge < -0.3 is 0 Å². The Morgan fingerprint density at radius 2 is 0.900 bits per heavy atom. The van der Waals surface area contributed by atoms with Crippen molar-refractivity contribution in [3.8, 4) is 0 Å². The van der Waals surface area contributed by atoms with E-state index in [0.717, 1.165) is 11.1 Å². The number of hydrogen-bond acceptors (Lipinski definition) is 5. The molecule has 0 saturated carbocycles. The Morgan fingerprint density at radius 1 is 0.525 bits per heavy atom. The van der Waals surface area contributed by atoms with E-state index in [-0.39, 0.29) is 21.7 Å². The second-order valence-corrected chi connectivity index (χ2v) is 18.6. The molecule has 4 heterocycles. The third-order valence-corrected chi connectivity index (χ3v) is 11.4. The van der Waals surface area contributed by atoms with Crippen LogP contribution in [-0.2, 0) is 49.7 Å². The van der Waals surface area contributed by atoms with Crippen molar-refractivity contribution in [1.29, 1.82) is 0 Å². The molecule has 3 bridgehead atoms. The molecule has 0 amide bonds. The van der Waals surface area contributed by atoms with Crippen LogP contribution in [0.1, 0.15) is 130 Å². The van der Waals surface area contributed by atoms with E-state index in [1.807, 2.05) is 0 Å². The summed E-state index contributed by atoms with van der Waals surface area (Å²) in [6, 6.07) is 13.8. The molecule has 0 radical (unpaired) electrons. The fraction of sp³-hybridized carbons (Fsp3) is 0.636. The van der Waals surface area contributed by atoms with Crippen LogP contribution in [0.5, 0.6) is 0 Å². The van der Waals surface area contributed by atoms with E-state index in [9.17, 15) is 0 Å². The third-order valence-electron chi connectivity index (χ3n) is 8.72. The van der Waals surface area contributed by atoms with Crippen molar-refractivity contribution < 1.29 is 22.4 Å². The minimum atomic E-state index is -1.69. The fourth-order valence-corrected chi connectivity index (χ4v) is 9.26. The summed E-state index contributed by atoms with van der Waals surface area (Å²) in [5, 5.41) is 0. The summed E-state index contributed by atoms with van der Waals surface area (Å²) in [4.78, 5) is 0. The molecule has 220 valence electrons. The summed E-state index contributed by atoms with van der Waals surface area (Å²) in [7, 11) is -3.14. The van der Waals surface area contributed by atoms with Crippen molar-refractivity contribution in [2.24, 2.45) is 5.41 Å². The Hall–Kier alpha value is -0.900. The zero-order valence-corrected chi connectivity index (χ0v) is 28.7. The van der Waals surface area contributed by atoms with E-state index in [4.69, 9.17) is 22.4 Å². The van der Waals surface area contributed by atoms with Crippen LogP contribution in [0.15, 0.2) is 36.4 Å². The predicted molar refractivity (Wildman–Crippen MR) is 164 cm³/mol. The Bertz CT molecular complexity index is 1240. The van der Waals surface area contributed by atoms with Gasteiger partial charge in [-0.25, -0.2) is 4.31 Å². The van der Waals surface area contributed by atoms with Crippen LogP contribution in [0.3, 0.4) is 0 Å². The SMILES string of the molecule is CC(C)(C)c1ccc(C2(c3ccc(C(C)(C)C)cc3C(C)(C)C)OP3OP4OC(O4)(O3)C2(C)C)c(C(C)(C)C)c1. The molecule has 1 atom stereocenters. The molecular formula is C33H48O5P2. The Labute approximate surface area is 244 Å². The first-order chi connectivity index (χ1) is 18.0. The molecule has 1 unspecified atom stereocenters. The topological polar surface area (TPSA) is 46.2 Å². The van der Waals surface area contributed by atoms with Gasteiger partial charge in [-0.15, -0.1) is 0 Å². The Kier molecular flexibility index (Phi) is 6.92. The van der Waals surface area contributed by atoms with Crippen molar-refractivity contribution in [3.05, 3.63) is 69.8 Å². The van der Waals surface area contributed by atoms with Gasteiger partial charge in [-0.1, -0.05) is 119 Å². The first kappa shape index (κ1) is 30.6. The number of hydrogen-bond donors (Lipinski definition) is 0. The number of benzene rings is 2. The Morgan fingerprint density at radius 3 is 1.25 bits per heavy atom. The standard InChI is InChI=1S/C33H48O5P2/c1-27(2,3)21-15-17-23(25(19-21)29(7,8)9)32(31(13,14)33-35-39(34-32)38-40(36-33)37-33)24-18-16-22(28(4,5)6)20-26(24)30(10,11)12/h15-20H,1-14H3. The Balaban J connectivity index is 1.92. The van der Waals surface area contributed by atoms with Gasteiger partial charge in [-0.05, 0) is 68.9 Å². The minimum absolute atomic E-state index is 0.00108. The van der Waals surface area contributed by atoms with Crippen molar-refractivity contribution >= 4 is 17.2 Å². The summed E-state index contributed by atoms with van der Waals surface area (Å²) in [5.41, 5.74) is 5.21. The van der Waals surface area contributed by atoms with Crippen LogP contribution in [-0.4, -0.2) is 5.97 Å². The number of rotatable bonds is 2. The van der Waals surface area contributed by atoms with Gasteiger partial charge in [-0.3, -0.25) is 18.1 Å². The molecule has 0 N–H and O–H groups in total. The molecule has 4 fully saturated rings. The summed E-state index contributed by atoms with van der Waals surface area (Å²) in [6.07, 6.45) is 0. The zero-order valence-electron chi connectivity index (χ0n) is 26.9. The lowest BCUT2D eigenvalue weighted by atomic mass is 9.60. The first-order valence-electron chi connectivity index (χ1n) is 14.4. The molecule has 0 aliphatic carbocycles. The summed E-state index contributed by atoms with van der Waals surface area (Å²) in [6.45, 7) is 31.6. The van der Waals surface area contributed by atoms with Crippen molar-refractivity contribution in [2.75, 3.05) is 0 Å². The summed E-state index contributed by atoms with van der Waals surface area (Å²) in [5.74, 6) is -1.24. The maximum atomic E-state index is 7.23. The van der Waals surface area contributed by atoms with E-state index >= 15 is 0 Å². The summed E-state index contributed by atoms with van der Waals surface area (Å²) >= 11 is 0. The van der Waals surface area contributed by atoms with E-state index < -0.39 is 34.2 Å². The molecule has 0 aromatic heterocycles. The second kappa shape index (κ2) is 9.06. The molecule has 5 nitrogen and oxygen atoms in total. The highest BCUT2D eigenvalue weighted by Crippen LogP contribution is 2.84. The van der Waals surface area contributed by atoms with Crippen LogP contribution >= 0.6 is 17.2 Å². The normalized spacial score (nSPS) is 27.8. The van der Waals surface area contributed by atoms with E-state index in [2.05, 4.69) is 133 Å². The quantitative estimate of drug-likeness (QED) is 0.328. The monoisotopic (exact) mass is 586 g/mol. The van der Waals surface area contributed by atoms with Gasteiger partial charge in [0.1, 0.15) is 5.60 Å². The van der Waals surface area contributed by atoms with Crippen LogP contribution in [0.4, 0.5) is 0 Å². The maximum Gasteiger partial charge on any atom is 0.349 e. The van der Waals surface area contributed by atoms with Gasteiger partial charge in [0.15, 0.2) is 0 Å². The molecule has 40 heavy (non-hydrogen) atoms. The average molecular weight is 587 g/mol. The molecule has 7 heteroatoms. The zero-order chi connectivity index (χ0) is 29.9. The smallest absolute Gasteiger partial charge is 0.295 e. The van der Waals surface area contributed by atoms with E-state index in [1.54, 1.807) is 0 Å². The lowest BCUT2D eigenvalue weighted by Crippen LogP contribution is -2.68. The van der Waals surface area contributed by atoms with Crippen LogP contribution in [0, 0.1) is 5.41 Å². The van der Waals surface area contributed by atoms with Gasteiger partial charge in [-0.2, -0.15) is 0 Å². The molecule has 2 aromatic carbocycles. The summed E-state index contributed by atoms with van der Waals surface area (Å²) < 4.78 is 32.1.